The molecule has 11 rings (SSSR count). The van der Waals surface area contributed by atoms with Gasteiger partial charge in [0.05, 0.1) is 0 Å². The number of benzene rings is 9. The Kier molecular flexibility index (Phi) is 5.92. The molecule has 4 heteroatoms. The Hall–Kier alpha value is -6.91. The Morgan fingerprint density at radius 1 is 0.373 bits per heavy atom. The van der Waals surface area contributed by atoms with Crippen LogP contribution in [0.15, 0.2) is 179 Å². The molecule has 0 amide bonds. The summed E-state index contributed by atoms with van der Waals surface area (Å²) in [7, 11) is 0. The van der Waals surface area contributed by atoms with Crippen molar-refractivity contribution >= 4 is 93.2 Å². The normalized spacial score (nSPS) is 11.9. The molecule has 0 bridgehead atoms. The highest BCUT2D eigenvalue weighted by molar-refractivity contribution is 6.18. The van der Waals surface area contributed by atoms with Gasteiger partial charge in [-0.15, -0.1) is 0 Å². The van der Waals surface area contributed by atoms with Crippen molar-refractivity contribution in [3.05, 3.63) is 170 Å². The average Bonchev–Trinajstić information content (AvgIpc) is 3.80. The predicted molar refractivity (Wildman–Crippen MR) is 211 cm³/mol. The van der Waals surface area contributed by atoms with Gasteiger partial charge in [0.2, 0.25) is 5.89 Å². The molecule has 0 atom stereocenters. The van der Waals surface area contributed by atoms with Gasteiger partial charge in [0.25, 0.3) is 0 Å². The summed E-state index contributed by atoms with van der Waals surface area (Å²) in [5.41, 5.74) is 7.29. The van der Waals surface area contributed by atoms with Crippen LogP contribution in [0.3, 0.4) is 0 Å². The van der Waals surface area contributed by atoms with Crippen molar-refractivity contribution < 1.29 is 8.83 Å². The van der Waals surface area contributed by atoms with E-state index in [1.54, 1.807) is 0 Å². The zero-order valence-corrected chi connectivity index (χ0v) is 27.4. The topological polar surface area (TPSA) is 42.4 Å². The summed E-state index contributed by atoms with van der Waals surface area (Å²) in [5, 5.41) is 11.7. The maximum Gasteiger partial charge on any atom is 0.228 e. The van der Waals surface area contributed by atoms with Crippen LogP contribution in [0.2, 0.25) is 0 Å². The smallest absolute Gasteiger partial charge is 0.228 e. The van der Waals surface area contributed by atoms with Gasteiger partial charge >= 0.3 is 0 Å². The maximum absolute atomic E-state index is 6.59. The molecule has 0 spiro atoms. The molecule has 0 aliphatic rings. The van der Waals surface area contributed by atoms with Crippen molar-refractivity contribution in [2.45, 2.75) is 0 Å². The van der Waals surface area contributed by atoms with Crippen molar-refractivity contribution in [3.8, 4) is 11.5 Å². The zero-order valence-electron chi connectivity index (χ0n) is 27.4. The first-order valence-electron chi connectivity index (χ1n) is 17.2. The Bertz CT molecular complexity index is 3160. The van der Waals surface area contributed by atoms with Crippen LogP contribution in [0.4, 0.5) is 17.1 Å². The average molecular weight is 653 g/mol. The van der Waals surface area contributed by atoms with Crippen molar-refractivity contribution in [1.29, 1.82) is 0 Å². The fourth-order valence-corrected chi connectivity index (χ4v) is 7.88. The Balaban J connectivity index is 1.09. The molecule has 238 valence electrons. The van der Waals surface area contributed by atoms with Gasteiger partial charge in [-0.25, -0.2) is 4.98 Å². The van der Waals surface area contributed by atoms with Crippen molar-refractivity contribution in [3.63, 3.8) is 0 Å². The molecule has 0 N–H and O–H groups in total. The van der Waals surface area contributed by atoms with Crippen LogP contribution in [0.5, 0.6) is 0 Å². The Labute approximate surface area is 292 Å². The molecule has 0 aliphatic heterocycles. The van der Waals surface area contributed by atoms with Gasteiger partial charge in [0.15, 0.2) is 5.58 Å². The maximum atomic E-state index is 6.59. The minimum absolute atomic E-state index is 0.584. The molecule has 0 radical (unpaired) electrons. The number of furan rings is 1. The molecule has 0 fully saturated rings. The van der Waals surface area contributed by atoms with E-state index in [0.29, 0.717) is 5.89 Å². The van der Waals surface area contributed by atoms with E-state index in [-0.39, 0.29) is 0 Å². The zero-order chi connectivity index (χ0) is 33.5. The fourth-order valence-electron chi connectivity index (χ4n) is 7.88. The first kappa shape index (κ1) is 28.0. The number of anilines is 3. The highest BCUT2D eigenvalue weighted by Gasteiger charge is 2.20. The molecule has 4 nitrogen and oxygen atoms in total. The molecular formula is C47H28N2O2. The van der Waals surface area contributed by atoms with E-state index in [2.05, 4.69) is 144 Å². The lowest BCUT2D eigenvalue weighted by Gasteiger charge is -2.26. The summed E-state index contributed by atoms with van der Waals surface area (Å²) < 4.78 is 13.0. The van der Waals surface area contributed by atoms with Gasteiger partial charge in [-0.05, 0) is 92.3 Å². The van der Waals surface area contributed by atoms with Crippen LogP contribution in [-0.4, -0.2) is 4.98 Å². The standard InChI is InChI=1S/C47H28N2O2/c1-2-11-32(12-3-1)49(33-21-17-31-19-23-37-35-13-6-4-9-29(35)18-24-38(37)41(31)27-33)34-22-25-39-44(28-34)50-42-16-8-15-40(45(39)42)47-48-46-36-14-7-5-10-30(36)20-26-43(46)51-47/h1-28H. The highest BCUT2D eigenvalue weighted by Crippen LogP contribution is 2.43. The third-order valence-electron chi connectivity index (χ3n) is 10.3. The van der Waals surface area contributed by atoms with Gasteiger partial charge < -0.3 is 13.7 Å². The molecule has 0 aliphatic carbocycles. The molecular weight excluding hydrogens is 625 g/mol. The molecule has 0 saturated carbocycles. The molecule has 2 heterocycles. The van der Waals surface area contributed by atoms with Crippen molar-refractivity contribution in [1.82, 2.24) is 4.98 Å². The molecule has 2 aromatic heterocycles. The monoisotopic (exact) mass is 652 g/mol. The largest absolute Gasteiger partial charge is 0.456 e. The van der Waals surface area contributed by atoms with Gasteiger partial charge in [-0.3, -0.25) is 0 Å². The lowest BCUT2D eigenvalue weighted by atomic mass is 9.96. The summed E-state index contributed by atoms with van der Waals surface area (Å²) in [6.07, 6.45) is 0. The Morgan fingerprint density at radius 2 is 1.02 bits per heavy atom. The number of hydrogen-bond donors (Lipinski definition) is 0. The second-order valence-electron chi connectivity index (χ2n) is 13.1. The SMILES string of the molecule is c1ccc(N(c2ccc3c(c2)oc2cccc(-c4nc5c(ccc6ccccc65)o4)c23)c2ccc3ccc4c5ccccc5ccc4c3c2)cc1. The fraction of sp³-hybridized carbons (Fsp3) is 0. The van der Waals surface area contributed by atoms with Crippen molar-refractivity contribution in [2.75, 3.05) is 4.90 Å². The first-order valence-corrected chi connectivity index (χ1v) is 17.2. The van der Waals surface area contributed by atoms with Crippen LogP contribution in [0, 0.1) is 0 Å². The Morgan fingerprint density at radius 3 is 1.88 bits per heavy atom. The molecule has 51 heavy (non-hydrogen) atoms. The van der Waals surface area contributed by atoms with Gasteiger partial charge in [0.1, 0.15) is 16.7 Å². The lowest BCUT2D eigenvalue weighted by Crippen LogP contribution is -2.09. The lowest BCUT2D eigenvalue weighted by molar-refractivity contribution is 0.620. The van der Waals surface area contributed by atoms with E-state index in [4.69, 9.17) is 13.8 Å². The number of aromatic nitrogens is 1. The minimum atomic E-state index is 0.584. The van der Waals surface area contributed by atoms with E-state index in [1.807, 2.05) is 30.3 Å². The van der Waals surface area contributed by atoms with E-state index >= 15 is 0 Å². The second-order valence-corrected chi connectivity index (χ2v) is 13.1. The van der Waals surface area contributed by atoms with Crippen LogP contribution < -0.4 is 4.90 Å². The van der Waals surface area contributed by atoms with E-state index in [0.717, 1.165) is 66.4 Å². The van der Waals surface area contributed by atoms with Gasteiger partial charge in [0, 0.05) is 44.9 Å². The third-order valence-corrected chi connectivity index (χ3v) is 10.3. The quantitative estimate of drug-likeness (QED) is 0.177. The summed E-state index contributed by atoms with van der Waals surface area (Å²) in [5.74, 6) is 0.584. The van der Waals surface area contributed by atoms with E-state index < -0.39 is 0 Å². The highest BCUT2D eigenvalue weighted by atomic mass is 16.3. The second kappa shape index (κ2) is 10.8. The summed E-state index contributed by atoms with van der Waals surface area (Å²) >= 11 is 0. The number of fused-ring (bicyclic) bond motifs is 11. The first-order chi connectivity index (χ1) is 25.3. The summed E-state index contributed by atoms with van der Waals surface area (Å²) in [6.45, 7) is 0. The van der Waals surface area contributed by atoms with Crippen LogP contribution in [0.1, 0.15) is 0 Å². The summed E-state index contributed by atoms with van der Waals surface area (Å²) in [4.78, 5) is 7.32. The molecule has 11 aromatic rings. The van der Waals surface area contributed by atoms with Gasteiger partial charge in [-0.1, -0.05) is 109 Å². The number of nitrogens with zero attached hydrogens (tertiary/aromatic N) is 2. The number of oxazole rings is 1. The van der Waals surface area contributed by atoms with Crippen LogP contribution in [-0.2, 0) is 0 Å². The third kappa shape index (κ3) is 4.30. The summed E-state index contributed by atoms with van der Waals surface area (Å²) in [6, 6.07) is 59.8. The van der Waals surface area contributed by atoms with Gasteiger partial charge in [-0.2, -0.15) is 0 Å². The number of para-hydroxylation sites is 1. The molecule has 0 saturated heterocycles. The number of hydrogen-bond acceptors (Lipinski definition) is 4. The number of rotatable bonds is 4. The molecule has 9 aromatic carbocycles. The predicted octanol–water partition coefficient (Wildman–Crippen LogP) is 13.5. The van der Waals surface area contributed by atoms with Crippen LogP contribution >= 0.6 is 0 Å². The van der Waals surface area contributed by atoms with Crippen LogP contribution in [0.25, 0.3) is 87.6 Å². The van der Waals surface area contributed by atoms with E-state index in [1.165, 1.54) is 32.3 Å². The van der Waals surface area contributed by atoms with Crippen molar-refractivity contribution in [2.24, 2.45) is 0 Å². The molecule has 0 unspecified atom stereocenters. The van der Waals surface area contributed by atoms with E-state index in [9.17, 15) is 0 Å². The minimum Gasteiger partial charge on any atom is -0.456 e.